The largest absolute Gasteiger partial charge is 0.373 e. The van der Waals surface area contributed by atoms with Crippen LogP contribution in [-0.4, -0.2) is 74.0 Å². The Labute approximate surface area is 180 Å². The highest BCUT2D eigenvalue weighted by Crippen LogP contribution is 2.35. The van der Waals surface area contributed by atoms with E-state index in [9.17, 15) is 9.59 Å². The molecule has 2 fully saturated rings. The van der Waals surface area contributed by atoms with Crippen LogP contribution in [0.4, 0.5) is 10.5 Å². The zero-order chi connectivity index (χ0) is 21.7. The van der Waals surface area contributed by atoms with Crippen molar-refractivity contribution >= 4 is 17.5 Å². The fourth-order valence-corrected chi connectivity index (χ4v) is 4.72. The average molecular weight is 413 g/mol. The van der Waals surface area contributed by atoms with Gasteiger partial charge < -0.3 is 15.1 Å². The number of fused-ring (bicyclic) bond motifs is 1. The molecule has 2 amide bonds. The first-order valence-electron chi connectivity index (χ1n) is 11.1. The number of Topliss-reactive ketones (excluding diaryl/α,β-unsaturated/α-hetero) is 1. The van der Waals surface area contributed by atoms with E-state index in [2.05, 4.69) is 40.8 Å². The van der Waals surface area contributed by atoms with E-state index >= 15 is 0 Å². The Morgan fingerprint density at radius 1 is 1.20 bits per heavy atom. The lowest BCUT2D eigenvalue weighted by Crippen LogP contribution is -2.58. The lowest BCUT2D eigenvalue weighted by atomic mass is 9.74. The van der Waals surface area contributed by atoms with Crippen LogP contribution in [0.5, 0.6) is 0 Å². The van der Waals surface area contributed by atoms with Crippen molar-refractivity contribution in [3.05, 3.63) is 42.5 Å². The molecule has 6 heteroatoms. The quantitative estimate of drug-likeness (QED) is 0.699. The van der Waals surface area contributed by atoms with Crippen LogP contribution in [0.25, 0.3) is 0 Å². The first-order valence-corrected chi connectivity index (χ1v) is 11.1. The smallest absolute Gasteiger partial charge is 0.317 e. The summed E-state index contributed by atoms with van der Waals surface area (Å²) in [5, 5.41) is 3.22. The van der Waals surface area contributed by atoms with Crippen LogP contribution in [0, 0.1) is 5.92 Å². The molecule has 0 unspecified atom stereocenters. The van der Waals surface area contributed by atoms with Crippen molar-refractivity contribution in [3.63, 3.8) is 0 Å². The normalized spacial score (nSPS) is 24.3. The standard InChI is InChI=1S/C24H36N4O2/c1-5-11-28-17-20(15-19-16-23(29)18(2)14-22(19)28)25-24(30)27(4)13-12-26(3)21-9-7-6-8-10-21/h6-10,19-20,22H,2,5,11-17H2,1,3-4H3,(H,25,30)/t19-,20+,22-/m1/s1. The average Bonchev–Trinajstić information content (AvgIpc) is 2.74. The predicted molar refractivity (Wildman–Crippen MR) is 122 cm³/mol. The van der Waals surface area contributed by atoms with Gasteiger partial charge in [-0.3, -0.25) is 9.69 Å². The van der Waals surface area contributed by atoms with Gasteiger partial charge in [-0.1, -0.05) is 31.7 Å². The maximum absolute atomic E-state index is 12.8. The molecule has 2 aliphatic rings. The number of likely N-dealkylation sites (N-methyl/N-ethyl adjacent to an activating group) is 2. The van der Waals surface area contributed by atoms with Crippen molar-refractivity contribution in [2.75, 3.05) is 45.2 Å². The molecule has 1 N–H and O–H groups in total. The molecule has 0 spiro atoms. The minimum absolute atomic E-state index is 0.0390. The van der Waals surface area contributed by atoms with Gasteiger partial charge in [0.15, 0.2) is 5.78 Å². The Bertz CT molecular complexity index is 751. The van der Waals surface area contributed by atoms with E-state index in [-0.39, 0.29) is 17.9 Å². The van der Waals surface area contributed by atoms with Gasteiger partial charge in [-0.2, -0.15) is 0 Å². The number of benzene rings is 1. The third-order valence-electron chi connectivity index (χ3n) is 6.51. The number of para-hydroxylation sites is 1. The zero-order valence-electron chi connectivity index (χ0n) is 18.6. The Kier molecular flexibility index (Phi) is 7.53. The number of carbonyl (C=O) groups is 2. The lowest BCUT2D eigenvalue weighted by molar-refractivity contribution is -0.119. The van der Waals surface area contributed by atoms with E-state index in [0.717, 1.165) is 50.2 Å². The maximum Gasteiger partial charge on any atom is 0.317 e. The van der Waals surface area contributed by atoms with E-state index in [1.165, 1.54) is 0 Å². The molecule has 1 aromatic carbocycles. The van der Waals surface area contributed by atoms with E-state index < -0.39 is 0 Å². The van der Waals surface area contributed by atoms with Crippen LogP contribution in [0.3, 0.4) is 0 Å². The van der Waals surface area contributed by atoms with E-state index in [0.29, 0.717) is 24.9 Å². The summed E-state index contributed by atoms with van der Waals surface area (Å²) in [6, 6.07) is 10.6. The minimum Gasteiger partial charge on any atom is -0.373 e. The highest BCUT2D eigenvalue weighted by molar-refractivity contribution is 5.95. The third kappa shape index (κ3) is 5.42. The summed E-state index contributed by atoms with van der Waals surface area (Å²) >= 11 is 0. The summed E-state index contributed by atoms with van der Waals surface area (Å²) in [7, 11) is 3.89. The van der Waals surface area contributed by atoms with Gasteiger partial charge in [0.05, 0.1) is 0 Å². The summed E-state index contributed by atoms with van der Waals surface area (Å²) in [6.45, 7) is 9.40. The van der Waals surface area contributed by atoms with E-state index in [1.54, 1.807) is 4.90 Å². The molecule has 1 aliphatic heterocycles. The molecular weight excluding hydrogens is 376 g/mol. The van der Waals surface area contributed by atoms with Crippen LogP contribution in [0.2, 0.25) is 0 Å². The summed E-state index contributed by atoms with van der Waals surface area (Å²) in [5.41, 5.74) is 1.91. The van der Waals surface area contributed by atoms with Gasteiger partial charge in [-0.25, -0.2) is 4.79 Å². The molecule has 1 aliphatic carbocycles. The second-order valence-corrected chi connectivity index (χ2v) is 8.82. The van der Waals surface area contributed by atoms with Crippen LogP contribution < -0.4 is 10.2 Å². The van der Waals surface area contributed by atoms with Crippen LogP contribution in [-0.2, 0) is 4.79 Å². The molecule has 1 heterocycles. The second-order valence-electron chi connectivity index (χ2n) is 8.82. The predicted octanol–water partition coefficient (Wildman–Crippen LogP) is 3.15. The number of likely N-dealkylation sites (tertiary alicyclic amines) is 1. The highest BCUT2D eigenvalue weighted by atomic mass is 16.2. The molecule has 6 nitrogen and oxygen atoms in total. The topological polar surface area (TPSA) is 55.9 Å². The van der Waals surface area contributed by atoms with Crippen molar-refractivity contribution in [1.82, 2.24) is 15.1 Å². The fourth-order valence-electron chi connectivity index (χ4n) is 4.72. The third-order valence-corrected chi connectivity index (χ3v) is 6.51. The number of hydrogen-bond donors (Lipinski definition) is 1. The number of urea groups is 1. The molecule has 0 radical (unpaired) electrons. The molecule has 1 aromatic rings. The summed E-state index contributed by atoms with van der Waals surface area (Å²) in [6.07, 6.45) is 3.27. The number of carbonyl (C=O) groups excluding carboxylic acids is 2. The molecule has 3 atom stereocenters. The van der Waals surface area contributed by atoms with Crippen molar-refractivity contribution in [2.24, 2.45) is 5.92 Å². The Morgan fingerprint density at radius 2 is 1.93 bits per heavy atom. The van der Waals surface area contributed by atoms with Gasteiger partial charge in [-0.05, 0) is 49.4 Å². The summed E-state index contributed by atoms with van der Waals surface area (Å²) in [5.74, 6) is 0.504. The lowest BCUT2D eigenvalue weighted by Gasteiger charge is -2.47. The molecule has 3 rings (SSSR count). The maximum atomic E-state index is 12.8. The van der Waals surface area contributed by atoms with Gasteiger partial charge in [0.2, 0.25) is 0 Å². The molecule has 1 saturated carbocycles. The van der Waals surface area contributed by atoms with Gasteiger partial charge in [0, 0.05) is 57.9 Å². The first kappa shape index (κ1) is 22.3. The molecule has 1 saturated heterocycles. The number of anilines is 1. The van der Waals surface area contributed by atoms with Crippen LogP contribution >= 0.6 is 0 Å². The Balaban J connectivity index is 1.53. The number of hydrogen-bond acceptors (Lipinski definition) is 4. The van der Waals surface area contributed by atoms with Gasteiger partial charge in [-0.15, -0.1) is 0 Å². The second kappa shape index (κ2) is 10.1. The van der Waals surface area contributed by atoms with Gasteiger partial charge >= 0.3 is 6.03 Å². The Hall–Kier alpha value is -2.34. The van der Waals surface area contributed by atoms with Gasteiger partial charge in [0.25, 0.3) is 0 Å². The van der Waals surface area contributed by atoms with Crippen molar-refractivity contribution < 1.29 is 9.59 Å². The fraction of sp³-hybridized carbons (Fsp3) is 0.583. The highest BCUT2D eigenvalue weighted by Gasteiger charge is 2.41. The van der Waals surface area contributed by atoms with Crippen molar-refractivity contribution in [2.45, 2.75) is 44.7 Å². The van der Waals surface area contributed by atoms with E-state index in [1.807, 2.05) is 32.3 Å². The molecular formula is C24H36N4O2. The number of rotatable bonds is 7. The SMILES string of the molecule is C=C1C[C@@H]2[C@@H](CC1=O)C[C@H](NC(=O)N(C)CCN(C)c1ccccc1)CN2CCC. The molecule has 0 aromatic heterocycles. The Morgan fingerprint density at radius 3 is 2.63 bits per heavy atom. The molecule has 0 bridgehead atoms. The van der Waals surface area contributed by atoms with Crippen molar-refractivity contribution in [1.29, 1.82) is 0 Å². The first-order chi connectivity index (χ1) is 14.4. The number of nitrogens with one attached hydrogen (secondary N) is 1. The van der Waals surface area contributed by atoms with Crippen molar-refractivity contribution in [3.8, 4) is 0 Å². The van der Waals surface area contributed by atoms with Crippen LogP contribution in [0.15, 0.2) is 42.5 Å². The molecule has 30 heavy (non-hydrogen) atoms. The number of piperidine rings is 1. The summed E-state index contributed by atoms with van der Waals surface area (Å²) < 4.78 is 0. The summed E-state index contributed by atoms with van der Waals surface area (Å²) in [4.78, 5) is 31.4. The van der Waals surface area contributed by atoms with Gasteiger partial charge in [0.1, 0.15) is 0 Å². The minimum atomic E-state index is -0.0390. The monoisotopic (exact) mass is 412 g/mol. The van der Waals surface area contributed by atoms with E-state index in [4.69, 9.17) is 0 Å². The molecule has 164 valence electrons. The number of ketones is 1. The number of nitrogens with zero attached hydrogens (tertiary/aromatic N) is 3. The van der Waals surface area contributed by atoms with Crippen LogP contribution in [0.1, 0.15) is 32.6 Å². The number of amides is 2. The zero-order valence-corrected chi connectivity index (χ0v) is 18.6.